The van der Waals surface area contributed by atoms with Gasteiger partial charge in [0.05, 0.1) is 0 Å². The second kappa shape index (κ2) is 8.45. The quantitative estimate of drug-likeness (QED) is 0.782. The van der Waals surface area contributed by atoms with Crippen LogP contribution in [0.15, 0.2) is 36.5 Å². The van der Waals surface area contributed by atoms with Crippen molar-refractivity contribution < 1.29 is 9.59 Å². The number of amides is 2. The minimum atomic E-state index is -0.314. The molecule has 1 aromatic carbocycles. The molecule has 0 bridgehead atoms. The number of aromatic nitrogens is 1. The number of aryl methyl sites for hydroxylation is 1. The highest BCUT2D eigenvalue weighted by atomic mass is 35.5. The van der Waals surface area contributed by atoms with Gasteiger partial charge in [0.1, 0.15) is 5.69 Å². The first kappa shape index (κ1) is 17.9. The predicted octanol–water partition coefficient (Wildman–Crippen LogP) is 3.83. The third-order valence-corrected chi connectivity index (χ3v) is 3.75. The first-order valence-corrected chi connectivity index (χ1v) is 8.21. The van der Waals surface area contributed by atoms with Crippen LogP contribution in [0, 0.1) is 6.92 Å². The van der Waals surface area contributed by atoms with Crippen molar-refractivity contribution in [3.05, 3.63) is 58.4 Å². The molecule has 126 valence electrons. The minimum absolute atomic E-state index is 0.224. The number of nitrogens with zero attached hydrogens (tertiary/aromatic N) is 1. The summed E-state index contributed by atoms with van der Waals surface area (Å²) in [4.78, 5) is 28.5. The summed E-state index contributed by atoms with van der Waals surface area (Å²) in [6.07, 6.45) is 3.35. The van der Waals surface area contributed by atoms with Crippen molar-refractivity contribution in [1.82, 2.24) is 10.3 Å². The maximum atomic E-state index is 12.4. The van der Waals surface area contributed by atoms with Crippen LogP contribution in [-0.2, 0) is 0 Å². The van der Waals surface area contributed by atoms with Crippen LogP contribution in [0.1, 0.15) is 46.2 Å². The molecule has 0 aliphatic heterocycles. The Morgan fingerprint density at radius 1 is 1.17 bits per heavy atom. The van der Waals surface area contributed by atoms with Crippen molar-refractivity contribution in [2.24, 2.45) is 0 Å². The third-order valence-electron chi connectivity index (χ3n) is 3.52. The fraction of sp³-hybridized carbons (Fsp3) is 0.278. The summed E-state index contributed by atoms with van der Waals surface area (Å²) in [6.45, 7) is 4.52. The molecule has 0 atom stereocenters. The lowest BCUT2D eigenvalue weighted by molar-refractivity contribution is 0.0948. The van der Waals surface area contributed by atoms with Crippen LogP contribution in [0.2, 0.25) is 5.02 Å². The molecule has 2 rings (SSSR count). The Labute approximate surface area is 146 Å². The Balaban J connectivity index is 2.11. The number of hydrogen-bond acceptors (Lipinski definition) is 3. The first-order chi connectivity index (χ1) is 11.5. The summed E-state index contributed by atoms with van der Waals surface area (Å²) in [7, 11) is 0. The highest BCUT2D eigenvalue weighted by Gasteiger charge is 2.12. The number of rotatable bonds is 6. The van der Waals surface area contributed by atoms with E-state index in [-0.39, 0.29) is 17.5 Å². The van der Waals surface area contributed by atoms with Crippen LogP contribution < -0.4 is 10.6 Å². The summed E-state index contributed by atoms with van der Waals surface area (Å²) in [5, 5.41) is 6.13. The van der Waals surface area contributed by atoms with Gasteiger partial charge in [-0.1, -0.05) is 31.0 Å². The average molecular weight is 346 g/mol. The Kier molecular flexibility index (Phi) is 6.32. The summed E-state index contributed by atoms with van der Waals surface area (Å²) in [6, 6.07) is 8.33. The molecule has 0 spiro atoms. The largest absolute Gasteiger partial charge is 0.351 e. The number of carbonyl (C=O) groups is 2. The Morgan fingerprint density at radius 3 is 2.71 bits per heavy atom. The highest BCUT2D eigenvalue weighted by molar-refractivity contribution is 6.31. The molecule has 0 aliphatic rings. The van der Waals surface area contributed by atoms with Gasteiger partial charge >= 0.3 is 0 Å². The van der Waals surface area contributed by atoms with E-state index in [0.717, 1.165) is 18.4 Å². The zero-order valence-corrected chi connectivity index (χ0v) is 14.5. The molecule has 1 aromatic heterocycles. The van der Waals surface area contributed by atoms with E-state index in [9.17, 15) is 9.59 Å². The van der Waals surface area contributed by atoms with Crippen molar-refractivity contribution >= 4 is 29.1 Å². The summed E-state index contributed by atoms with van der Waals surface area (Å²) >= 11 is 5.96. The number of hydrogen-bond donors (Lipinski definition) is 2. The zero-order valence-electron chi connectivity index (χ0n) is 13.7. The minimum Gasteiger partial charge on any atom is -0.351 e. The highest BCUT2D eigenvalue weighted by Crippen LogP contribution is 2.20. The molecule has 2 N–H and O–H groups in total. The molecule has 0 aliphatic carbocycles. The molecular formula is C18H20ClN3O2. The van der Waals surface area contributed by atoms with Crippen LogP contribution in [0.5, 0.6) is 0 Å². The van der Waals surface area contributed by atoms with Gasteiger partial charge in [-0.3, -0.25) is 14.6 Å². The second-order valence-electron chi connectivity index (χ2n) is 5.45. The number of halogens is 1. The van der Waals surface area contributed by atoms with E-state index < -0.39 is 0 Å². The lowest BCUT2D eigenvalue weighted by Gasteiger charge is -2.09. The molecule has 2 aromatic rings. The number of nitrogens with one attached hydrogen (secondary N) is 2. The molecule has 6 heteroatoms. The molecule has 0 fully saturated rings. The van der Waals surface area contributed by atoms with Gasteiger partial charge in [-0.25, -0.2) is 0 Å². The Morgan fingerprint density at radius 2 is 1.96 bits per heavy atom. The fourth-order valence-corrected chi connectivity index (χ4v) is 2.26. The van der Waals surface area contributed by atoms with E-state index in [2.05, 4.69) is 15.6 Å². The Hall–Kier alpha value is -2.40. The molecule has 0 radical (unpaired) electrons. The van der Waals surface area contributed by atoms with Gasteiger partial charge in [-0.05, 0) is 43.2 Å². The number of unbranched alkanes of at least 4 members (excludes halogenated alkanes) is 1. The maximum Gasteiger partial charge on any atom is 0.269 e. The van der Waals surface area contributed by atoms with Crippen molar-refractivity contribution in [2.75, 3.05) is 11.9 Å². The van der Waals surface area contributed by atoms with E-state index in [0.29, 0.717) is 22.8 Å². The standard InChI is InChI=1S/C18H20ClN3O2/c1-3-4-8-21-18(24)16-10-13(7-9-20-16)17(23)22-15-11-14(19)6-5-12(15)2/h5-7,9-11H,3-4,8H2,1-2H3,(H,21,24)(H,22,23). The monoisotopic (exact) mass is 345 g/mol. The Bertz CT molecular complexity index is 747. The SMILES string of the molecule is CCCCNC(=O)c1cc(C(=O)Nc2cc(Cl)ccc2C)ccn1. The van der Waals surface area contributed by atoms with E-state index in [1.165, 1.54) is 12.3 Å². The number of benzene rings is 1. The summed E-state index contributed by atoms with van der Waals surface area (Å²) < 4.78 is 0. The topological polar surface area (TPSA) is 71.1 Å². The van der Waals surface area contributed by atoms with Crippen LogP contribution >= 0.6 is 11.6 Å². The maximum absolute atomic E-state index is 12.4. The van der Waals surface area contributed by atoms with Gasteiger partial charge in [0, 0.05) is 29.0 Å². The lowest BCUT2D eigenvalue weighted by Crippen LogP contribution is -2.25. The normalized spacial score (nSPS) is 10.3. The third kappa shape index (κ3) is 4.80. The molecule has 1 heterocycles. The summed E-state index contributed by atoms with van der Waals surface area (Å²) in [5.74, 6) is -0.595. The van der Waals surface area contributed by atoms with Crippen molar-refractivity contribution in [3.8, 4) is 0 Å². The van der Waals surface area contributed by atoms with E-state index >= 15 is 0 Å². The fourth-order valence-electron chi connectivity index (χ4n) is 2.09. The molecule has 0 saturated carbocycles. The van der Waals surface area contributed by atoms with Crippen molar-refractivity contribution in [3.63, 3.8) is 0 Å². The van der Waals surface area contributed by atoms with Gasteiger partial charge in [0.15, 0.2) is 0 Å². The molecular weight excluding hydrogens is 326 g/mol. The average Bonchev–Trinajstić information content (AvgIpc) is 2.58. The molecule has 5 nitrogen and oxygen atoms in total. The molecule has 2 amide bonds. The van der Waals surface area contributed by atoms with Gasteiger partial charge in [-0.15, -0.1) is 0 Å². The molecule has 0 unspecified atom stereocenters. The van der Waals surface area contributed by atoms with Crippen molar-refractivity contribution in [2.45, 2.75) is 26.7 Å². The van der Waals surface area contributed by atoms with E-state index in [4.69, 9.17) is 11.6 Å². The molecule has 0 saturated heterocycles. The number of pyridine rings is 1. The van der Waals surface area contributed by atoms with Gasteiger partial charge < -0.3 is 10.6 Å². The van der Waals surface area contributed by atoms with Crippen LogP contribution in [0.3, 0.4) is 0 Å². The van der Waals surface area contributed by atoms with Crippen LogP contribution in [0.4, 0.5) is 5.69 Å². The van der Waals surface area contributed by atoms with E-state index in [1.807, 2.05) is 19.9 Å². The second-order valence-corrected chi connectivity index (χ2v) is 5.89. The number of anilines is 1. The number of carbonyl (C=O) groups excluding carboxylic acids is 2. The van der Waals surface area contributed by atoms with Gasteiger partial charge in [0.2, 0.25) is 0 Å². The smallest absolute Gasteiger partial charge is 0.269 e. The summed E-state index contributed by atoms with van der Waals surface area (Å²) in [5.41, 5.74) is 2.13. The van der Waals surface area contributed by atoms with Gasteiger partial charge in [0.25, 0.3) is 11.8 Å². The molecule has 24 heavy (non-hydrogen) atoms. The zero-order chi connectivity index (χ0) is 17.5. The van der Waals surface area contributed by atoms with Gasteiger partial charge in [-0.2, -0.15) is 0 Å². The lowest BCUT2D eigenvalue weighted by atomic mass is 10.1. The van der Waals surface area contributed by atoms with E-state index in [1.54, 1.807) is 18.2 Å². The van der Waals surface area contributed by atoms with Crippen LogP contribution in [0.25, 0.3) is 0 Å². The first-order valence-electron chi connectivity index (χ1n) is 7.83. The van der Waals surface area contributed by atoms with Crippen LogP contribution in [-0.4, -0.2) is 23.3 Å². The van der Waals surface area contributed by atoms with Crippen molar-refractivity contribution in [1.29, 1.82) is 0 Å². The predicted molar refractivity (Wildman–Crippen MR) is 95.6 cm³/mol.